The Balaban J connectivity index is 0.000000238. The molecule has 0 aliphatic carbocycles. The minimum Gasteiger partial charge on any atom is -0.467 e. The lowest BCUT2D eigenvalue weighted by Gasteiger charge is -2.12. The number of carbonyl (C=O) groups excluding carboxylic acids is 1. The Hall–Kier alpha value is -2.65. The van der Waals surface area contributed by atoms with E-state index < -0.39 is 6.29 Å². The molecule has 0 fully saturated rings. The van der Waals surface area contributed by atoms with Crippen LogP contribution in [0.5, 0.6) is 12.0 Å². The maximum atomic E-state index is 10.1. The molecule has 0 saturated heterocycles. The van der Waals surface area contributed by atoms with Gasteiger partial charge < -0.3 is 18.9 Å². The van der Waals surface area contributed by atoms with E-state index in [0.29, 0.717) is 23.7 Å². The highest BCUT2D eigenvalue weighted by Crippen LogP contribution is 2.15. The summed E-state index contributed by atoms with van der Waals surface area (Å²) in [6.07, 6.45) is 3.23. The van der Waals surface area contributed by atoms with Gasteiger partial charge in [-0.3, -0.25) is 4.79 Å². The Labute approximate surface area is 133 Å². The van der Waals surface area contributed by atoms with E-state index in [-0.39, 0.29) is 6.01 Å². The lowest BCUT2D eigenvalue weighted by Crippen LogP contribution is -2.07. The summed E-state index contributed by atoms with van der Waals surface area (Å²) in [5.74, 6) is 0. The maximum absolute atomic E-state index is 10.1. The lowest BCUT2D eigenvalue weighted by atomic mass is 10.4. The molecule has 2 heterocycles. The first kappa shape index (κ1) is 18.4. The number of carbonyl (C=O) groups is 1. The molecule has 0 saturated carbocycles. The van der Waals surface area contributed by atoms with Crippen molar-refractivity contribution in [2.45, 2.75) is 6.29 Å². The molecule has 0 radical (unpaired) electrons. The van der Waals surface area contributed by atoms with Crippen molar-refractivity contribution in [2.24, 2.45) is 0 Å². The van der Waals surface area contributed by atoms with Gasteiger partial charge in [0.1, 0.15) is 11.4 Å². The molecule has 2 aromatic rings. The number of ether oxygens (including phenoxy) is 4. The standard InChI is InChI=1S/C8H12N2O3.C6H6N2O2/c1-11-7(12-2)6-4-5-9-8(10-6)13-3;1-10-6-7-3-2-5(4-9)8-6/h4-5,7H,1-3H3;2-4H,1H3. The molecule has 0 unspecified atom stereocenters. The van der Waals surface area contributed by atoms with Crippen LogP contribution in [0.15, 0.2) is 24.5 Å². The average molecular weight is 322 g/mol. The minimum atomic E-state index is -0.475. The highest BCUT2D eigenvalue weighted by molar-refractivity contribution is 5.71. The molecule has 0 aromatic carbocycles. The molecule has 0 amide bonds. The molecule has 9 nitrogen and oxygen atoms in total. The highest BCUT2D eigenvalue weighted by atomic mass is 16.7. The molecular formula is C14H18N4O5. The van der Waals surface area contributed by atoms with Crippen LogP contribution in [0.25, 0.3) is 0 Å². The Bertz CT molecular complexity index is 607. The van der Waals surface area contributed by atoms with Crippen LogP contribution in [0.1, 0.15) is 22.5 Å². The topological polar surface area (TPSA) is 106 Å². The third kappa shape index (κ3) is 5.93. The third-order valence-electron chi connectivity index (χ3n) is 2.47. The lowest BCUT2D eigenvalue weighted by molar-refractivity contribution is -0.108. The monoisotopic (exact) mass is 322 g/mol. The van der Waals surface area contributed by atoms with Gasteiger partial charge in [-0.2, -0.15) is 9.97 Å². The molecule has 2 rings (SSSR count). The fraction of sp³-hybridized carbons (Fsp3) is 0.357. The zero-order valence-corrected chi connectivity index (χ0v) is 13.3. The Kier molecular flexibility index (Phi) is 8.11. The smallest absolute Gasteiger partial charge is 0.316 e. The van der Waals surface area contributed by atoms with Crippen LogP contribution in [0.3, 0.4) is 0 Å². The molecule has 124 valence electrons. The van der Waals surface area contributed by atoms with E-state index in [1.54, 1.807) is 26.5 Å². The summed E-state index contributed by atoms with van der Waals surface area (Å²) in [6, 6.07) is 3.73. The highest BCUT2D eigenvalue weighted by Gasteiger charge is 2.11. The Morgan fingerprint density at radius 2 is 1.48 bits per heavy atom. The quantitative estimate of drug-likeness (QED) is 0.570. The molecule has 0 bridgehead atoms. The van der Waals surface area contributed by atoms with Gasteiger partial charge in [0.15, 0.2) is 6.29 Å². The molecule has 0 atom stereocenters. The van der Waals surface area contributed by atoms with Crippen molar-refractivity contribution in [3.05, 3.63) is 35.9 Å². The van der Waals surface area contributed by atoms with E-state index in [4.69, 9.17) is 14.2 Å². The Morgan fingerprint density at radius 1 is 0.913 bits per heavy atom. The summed E-state index contributed by atoms with van der Waals surface area (Å²) in [7, 11) is 6.04. The van der Waals surface area contributed by atoms with Gasteiger partial charge in [-0.25, -0.2) is 9.97 Å². The first-order chi connectivity index (χ1) is 11.2. The van der Waals surface area contributed by atoms with E-state index in [0.717, 1.165) is 0 Å². The van der Waals surface area contributed by atoms with Gasteiger partial charge in [-0.05, 0) is 12.1 Å². The summed E-state index contributed by atoms with van der Waals surface area (Å²) >= 11 is 0. The summed E-state index contributed by atoms with van der Waals surface area (Å²) < 4.78 is 19.6. The third-order valence-corrected chi connectivity index (χ3v) is 2.47. The van der Waals surface area contributed by atoms with E-state index >= 15 is 0 Å². The summed E-state index contributed by atoms with van der Waals surface area (Å²) in [5.41, 5.74) is 0.962. The normalized spacial score (nSPS) is 9.78. The molecular weight excluding hydrogens is 304 g/mol. The van der Waals surface area contributed by atoms with E-state index in [2.05, 4.69) is 24.7 Å². The molecule has 0 aliphatic rings. The number of hydrogen-bond acceptors (Lipinski definition) is 9. The fourth-order valence-electron chi connectivity index (χ4n) is 1.44. The molecule has 9 heteroatoms. The first-order valence-electron chi connectivity index (χ1n) is 6.43. The van der Waals surface area contributed by atoms with Gasteiger partial charge in [-0.1, -0.05) is 0 Å². The van der Waals surface area contributed by atoms with Gasteiger partial charge >= 0.3 is 12.0 Å². The van der Waals surface area contributed by atoms with Crippen molar-refractivity contribution in [1.82, 2.24) is 19.9 Å². The molecule has 0 aliphatic heterocycles. The largest absolute Gasteiger partial charge is 0.467 e. The second kappa shape index (κ2) is 10.1. The SMILES string of the molecule is COc1nccc(C(OC)OC)n1.COc1nccc(C=O)n1. The van der Waals surface area contributed by atoms with Crippen LogP contribution >= 0.6 is 0 Å². The number of aldehydes is 1. The number of nitrogens with zero attached hydrogens (tertiary/aromatic N) is 4. The maximum Gasteiger partial charge on any atom is 0.316 e. The molecule has 2 aromatic heterocycles. The van der Waals surface area contributed by atoms with E-state index in [9.17, 15) is 4.79 Å². The summed E-state index contributed by atoms with van der Waals surface area (Å²) in [5, 5.41) is 0. The van der Waals surface area contributed by atoms with E-state index in [1.165, 1.54) is 26.5 Å². The van der Waals surface area contributed by atoms with Crippen LogP contribution in [-0.4, -0.2) is 54.7 Å². The fourth-order valence-corrected chi connectivity index (χ4v) is 1.44. The van der Waals surface area contributed by atoms with E-state index in [1.807, 2.05) is 0 Å². The second-order valence-corrected chi connectivity index (χ2v) is 3.86. The Morgan fingerprint density at radius 3 is 2.00 bits per heavy atom. The van der Waals surface area contributed by atoms with Crippen LogP contribution < -0.4 is 9.47 Å². The average Bonchev–Trinajstić information content (AvgIpc) is 2.63. The van der Waals surface area contributed by atoms with Crippen molar-refractivity contribution in [3.63, 3.8) is 0 Å². The second-order valence-electron chi connectivity index (χ2n) is 3.86. The predicted molar refractivity (Wildman–Crippen MR) is 79.3 cm³/mol. The molecule has 23 heavy (non-hydrogen) atoms. The van der Waals surface area contributed by atoms with Gasteiger partial charge in [0.05, 0.1) is 14.2 Å². The van der Waals surface area contributed by atoms with Crippen LogP contribution in [0, 0.1) is 0 Å². The zero-order chi connectivity index (χ0) is 17.1. The van der Waals surface area contributed by atoms with Crippen molar-refractivity contribution in [2.75, 3.05) is 28.4 Å². The number of methoxy groups -OCH3 is 4. The number of rotatable bonds is 6. The van der Waals surface area contributed by atoms with Crippen LogP contribution in [0.4, 0.5) is 0 Å². The van der Waals surface area contributed by atoms with Crippen molar-refractivity contribution in [3.8, 4) is 12.0 Å². The molecule has 0 spiro atoms. The summed E-state index contributed by atoms with van der Waals surface area (Å²) in [4.78, 5) is 25.5. The number of hydrogen-bond donors (Lipinski definition) is 0. The minimum absolute atomic E-state index is 0.213. The van der Waals surface area contributed by atoms with Gasteiger partial charge in [-0.15, -0.1) is 0 Å². The van der Waals surface area contributed by atoms with Gasteiger partial charge in [0, 0.05) is 26.6 Å². The van der Waals surface area contributed by atoms with Crippen molar-refractivity contribution in [1.29, 1.82) is 0 Å². The zero-order valence-electron chi connectivity index (χ0n) is 13.3. The molecule has 0 N–H and O–H groups in total. The van der Waals surface area contributed by atoms with Crippen molar-refractivity contribution >= 4 is 6.29 Å². The first-order valence-corrected chi connectivity index (χ1v) is 6.43. The predicted octanol–water partition coefficient (Wildman–Crippen LogP) is 1.07. The van der Waals surface area contributed by atoms with Gasteiger partial charge in [0.25, 0.3) is 0 Å². The van der Waals surface area contributed by atoms with Crippen molar-refractivity contribution < 1.29 is 23.7 Å². The number of aromatic nitrogens is 4. The van der Waals surface area contributed by atoms with Gasteiger partial charge in [0.2, 0.25) is 6.29 Å². The van der Waals surface area contributed by atoms with Crippen LogP contribution in [-0.2, 0) is 9.47 Å². The summed E-state index contributed by atoms with van der Waals surface area (Å²) in [6.45, 7) is 0. The van der Waals surface area contributed by atoms with Crippen LogP contribution in [0.2, 0.25) is 0 Å².